The molecule has 2 aromatic rings. The van der Waals surface area contributed by atoms with Crippen LogP contribution < -0.4 is 0 Å². The molecule has 0 aliphatic carbocycles. The van der Waals surface area contributed by atoms with Crippen LogP contribution >= 0.6 is 0 Å². The Labute approximate surface area is 109 Å². The van der Waals surface area contributed by atoms with E-state index in [1.54, 1.807) is 0 Å². The van der Waals surface area contributed by atoms with Gasteiger partial charge in [-0.1, -0.05) is 73.5 Å². The van der Waals surface area contributed by atoms with Crippen LogP contribution in [-0.2, 0) is 0 Å². The van der Waals surface area contributed by atoms with Crippen molar-refractivity contribution in [3.05, 3.63) is 70.8 Å². The molecule has 0 radical (unpaired) electrons. The fourth-order valence-corrected chi connectivity index (χ4v) is 1.58. The van der Waals surface area contributed by atoms with Crippen molar-refractivity contribution in [3.63, 3.8) is 0 Å². The van der Waals surface area contributed by atoms with Gasteiger partial charge in [0.2, 0.25) is 0 Å². The van der Waals surface area contributed by atoms with Crippen LogP contribution in [0.3, 0.4) is 0 Å². The van der Waals surface area contributed by atoms with Gasteiger partial charge in [0.1, 0.15) is 0 Å². The number of carbonyl (C=O) groups excluding carboxylic acids is 1. The number of hydrogen-bond acceptors (Lipinski definition) is 1. The Hall–Kier alpha value is -1.89. The average Bonchev–Trinajstić information content (AvgIpc) is 2.42. The van der Waals surface area contributed by atoms with Gasteiger partial charge in [-0.05, 0) is 13.8 Å². The summed E-state index contributed by atoms with van der Waals surface area (Å²) in [4.78, 5) is 12.1. The van der Waals surface area contributed by atoms with Gasteiger partial charge in [0.15, 0.2) is 5.78 Å². The molecule has 0 fully saturated rings. The van der Waals surface area contributed by atoms with Crippen LogP contribution in [0.5, 0.6) is 0 Å². The molecule has 0 bridgehead atoms. The molecule has 1 nitrogen and oxygen atoms in total. The monoisotopic (exact) mass is 240 g/mol. The van der Waals surface area contributed by atoms with Crippen LogP contribution in [0.25, 0.3) is 0 Å². The van der Waals surface area contributed by atoms with Gasteiger partial charge in [-0.15, -0.1) is 0 Å². The molecule has 0 saturated heterocycles. The molecular formula is C17H20O. The quantitative estimate of drug-likeness (QED) is 0.703. The topological polar surface area (TPSA) is 17.1 Å². The normalized spacial score (nSPS) is 9.33. The lowest BCUT2D eigenvalue weighted by Crippen LogP contribution is -2.00. The lowest BCUT2D eigenvalue weighted by Gasteiger charge is -2.02. The third kappa shape index (κ3) is 3.56. The Morgan fingerprint density at radius 1 is 0.667 bits per heavy atom. The molecule has 0 saturated carbocycles. The first-order chi connectivity index (χ1) is 8.66. The van der Waals surface area contributed by atoms with E-state index in [2.05, 4.69) is 0 Å². The summed E-state index contributed by atoms with van der Waals surface area (Å²) >= 11 is 0. The number of ketones is 1. The first-order valence-corrected chi connectivity index (χ1v) is 6.35. The zero-order valence-electron chi connectivity index (χ0n) is 11.5. The molecule has 2 rings (SSSR count). The first-order valence-electron chi connectivity index (χ1n) is 6.35. The maximum atomic E-state index is 12.1. The third-order valence-electron chi connectivity index (χ3n) is 2.63. The van der Waals surface area contributed by atoms with Gasteiger partial charge < -0.3 is 0 Å². The van der Waals surface area contributed by atoms with E-state index in [-0.39, 0.29) is 5.78 Å². The summed E-state index contributed by atoms with van der Waals surface area (Å²) in [7, 11) is 0. The largest absolute Gasteiger partial charge is 0.289 e. The molecule has 2 aromatic carbocycles. The van der Waals surface area contributed by atoms with Crippen molar-refractivity contribution in [2.45, 2.75) is 27.7 Å². The predicted octanol–water partition coefficient (Wildman–Crippen LogP) is 4.56. The van der Waals surface area contributed by atoms with E-state index in [1.165, 1.54) is 11.1 Å². The Morgan fingerprint density at radius 3 is 1.22 bits per heavy atom. The summed E-state index contributed by atoms with van der Waals surface area (Å²) in [6.07, 6.45) is 0. The molecule has 0 aliphatic heterocycles. The van der Waals surface area contributed by atoms with Crippen LogP contribution in [0.2, 0.25) is 0 Å². The number of benzene rings is 2. The molecule has 94 valence electrons. The minimum atomic E-state index is 0.0833. The Bertz CT molecular complexity index is 445. The highest BCUT2D eigenvalue weighted by atomic mass is 16.1. The summed E-state index contributed by atoms with van der Waals surface area (Å²) in [6, 6.07) is 15.3. The molecule has 0 atom stereocenters. The number of rotatable bonds is 2. The van der Waals surface area contributed by atoms with Crippen molar-refractivity contribution in [2.24, 2.45) is 0 Å². The number of aryl methyl sites for hydroxylation is 2. The molecule has 0 aromatic heterocycles. The molecule has 0 amide bonds. The molecule has 0 N–H and O–H groups in total. The van der Waals surface area contributed by atoms with E-state index < -0.39 is 0 Å². The third-order valence-corrected chi connectivity index (χ3v) is 2.63. The summed E-state index contributed by atoms with van der Waals surface area (Å²) < 4.78 is 0. The summed E-state index contributed by atoms with van der Waals surface area (Å²) in [5, 5.41) is 0. The van der Waals surface area contributed by atoms with Gasteiger partial charge in [-0.2, -0.15) is 0 Å². The zero-order valence-corrected chi connectivity index (χ0v) is 11.5. The second-order valence-corrected chi connectivity index (χ2v) is 4.06. The Kier molecular flexibility index (Phi) is 5.31. The standard InChI is InChI=1S/C15H14O.C2H6/c1-11-3-7-13(8-4-11)15(16)14-9-5-12(2)6-10-14;1-2/h3-10H,1-2H3;1-2H3. The van der Waals surface area contributed by atoms with Crippen LogP contribution in [0.15, 0.2) is 48.5 Å². The van der Waals surface area contributed by atoms with Crippen molar-refractivity contribution < 1.29 is 4.79 Å². The minimum Gasteiger partial charge on any atom is -0.289 e. The molecule has 0 spiro atoms. The van der Waals surface area contributed by atoms with E-state index >= 15 is 0 Å². The highest BCUT2D eigenvalue weighted by Gasteiger charge is 2.07. The van der Waals surface area contributed by atoms with Crippen LogP contribution in [0, 0.1) is 13.8 Å². The fraction of sp³-hybridized carbons (Fsp3) is 0.235. The van der Waals surface area contributed by atoms with Crippen molar-refractivity contribution in [3.8, 4) is 0 Å². The van der Waals surface area contributed by atoms with E-state index in [4.69, 9.17) is 0 Å². The zero-order chi connectivity index (χ0) is 13.5. The number of carbonyl (C=O) groups is 1. The second kappa shape index (κ2) is 6.75. The van der Waals surface area contributed by atoms with Gasteiger partial charge in [-0.3, -0.25) is 4.79 Å². The van der Waals surface area contributed by atoms with Gasteiger partial charge in [0.25, 0.3) is 0 Å². The SMILES string of the molecule is CC.Cc1ccc(C(=O)c2ccc(C)cc2)cc1. The number of hydrogen-bond donors (Lipinski definition) is 0. The maximum absolute atomic E-state index is 12.1. The Balaban J connectivity index is 0.000000771. The van der Waals surface area contributed by atoms with Crippen LogP contribution in [0.1, 0.15) is 40.9 Å². The van der Waals surface area contributed by atoms with Crippen molar-refractivity contribution in [1.29, 1.82) is 0 Å². The lowest BCUT2D eigenvalue weighted by atomic mass is 10.0. The van der Waals surface area contributed by atoms with Crippen LogP contribution in [-0.4, -0.2) is 5.78 Å². The summed E-state index contributed by atoms with van der Waals surface area (Å²) in [5.74, 6) is 0.0833. The molecular weight excluding hydrogens is 220 g/mol. The predicted molar refractivity (Wildman–Crippen MR) is 77.1 cm³/mol. The van der Waals surface area contributed by atoms with Crippen LogP contribution in [0.4, 0.5) is 0 Å². The molecule has 0 unspecified atom stereocenters. The molecule has 18 heavy (non-hydrogen) atoms. The maximum Gasteiger partial charge on any atom is 0.193 e. The second-order valence-electron chi connectivity index (χ2n) is 4.06. The highest BCUT2D eigenvalue weighted by Crippen LogP contribution is 2.11. The van der Waals surface area contributed by atoms with E-state index in [0.29, 0.717) is 0 Å². The fourth-order valence-electron chi connectivity index (χ4n) is 1.58. The van der Waals surface area contributed by atoms with E-state index in [1.807, 2.05) is 76.2 Å². The highest BCUT2D eigenvalue weighted by molar-refractivity contribution is 6.08. The lowest BCUT2D eigenvalue weighted by molar-refractivity contribution is 0.103. The van der Waals surface area contributed by atoms with Gasteiger partial charge in [0.05, 0.1) is 0 Å². The van der Waals surface area contributed by atoms with Crippen molar-refractivity contribution in [1.82, 2.24) is 0 Å². The van der Waals surface area contributed by atoms with E-state index in [0.717, 1.165) is 11.1 Å². The molecule has 1 heteroatoms. The van der Waals surface area contributed by atoms with E-state index in [9.17, 15) is 4.79 Å². The van der Waals surface area contributed by atoms with Crippen molar-refractivity contribution in [2.75, 3.05) is 0 Å². The molecule has 0 aliphatic rings. The minimum absolute atomic E-state index is 0.0833. The van der Waals surface area contributed by atoms with Gasteiger partial charge in [0, 0.05) is 11.1 Å². The molecule has 0 heterocycles. The van der Waals surface area contributed by atoms with Gasteiger partial charge in [-0.25, -0.2) is 0 Å². The average molecular weight is 240 g/mol. The smallest absolute Gasteiger partial charge is 0.193 e. The van der Waals surface area contributed by atoms with Crippen molar-refractivity contribution >= 4 is 5.78 Å². The summed E-state index contributed by atoms with van der Waals surface area (Å²) in [5.41, 5.74) is 3.82. The summed E-state index contributed by atoms with van der Waals surface area (Å²) in [6.45, 7) is 8.03. The van der Waals surface area contributed by atoms with Gasteiger partial charge >= 0.3 is 0 Å². The Morgan fingerprint density at radius 2 is 0.944 bits per heavy atom. The first kappa shape index (κ1) is 14.2.